The van der Waals surface area contributed by atoms with Crippen LogP contribution in [0.15, 0.2) is 30.3 Å². The van der Waals surface area contributed by atoms with E-state index < -0.39 is 5.72 Å². The molecule has 1 amide bonds. The van der Waals surface area contributed by atoms with Gasteiger partial charge in [0.2, 0.25) is 5.91 Å². The quantitative estimate of drug-likeness (QED) is 0.781. The van der Waals surface area contributed by atoms with Crippen molar-refractivity contribution in [1.82, 2.24) is 5.32 Å². The van der Waals surface area contributed by atoms with E-state index in [4.69, 9.17) is 9.47 Å². The second-order valence-electron chi connectivity index (χ2n) is 8.60. The smallest absolute Gasteiger partial charge is 0.225 e. The lowest BCUT2D eigenvalue weighted by Gasteiger charge is -2.57. The molecule has 0 radical (unpaired) electrons. The van der Waals surface area contributed by atoms with Crippen LogP contribution in [0, 0.1) is 23.7 Å². The second kappa shape index (κ2) is 8.93. The zero-order chi connectivity index (χ0) is 20.3. The largest absolute Gasteiger partial charge is 0.396 e. The van der Waals surface area contributed by atoms with Crippen molar-refractivity contribution in [1.29, 1.82) is 0 Å². The monoisotopic (exact) mass is 389 g/mol. The number of hydrogen-bond donors (Lipinski definition) is 2. The van der Waals surface area contributed by atoms with Gasteiger partial charge in [0.05, 0.1) is 18.8 Å². The van der Waals surface area contributed by atoms with E-state index in [-0.39, 0.29) is 48.4 Å². The molecule has 3 rings (SSSR count). The molecule has 1 spiro atoms. The van der Waals surface area contributed by atoms with Gasteiger partial charge in [0.1, 0.15) is 5.72 Å². The number of piperidine rings is 1. The summed E-state index contributed by atoms with van der Waals surface area (Å²) in [5.41, 5.74) is 0.393. The molecule has 7 atom stereocenters. The lowest BCUT2D eigenvalue weighted by Crippen LogP contribution is -2.71. The molecule has 28 heavy (non-hydrogen) atoms. The fourth-order valence-corrected chi connectivity index (χ4v) is 5.07. The number of rotatable bonds is 6. The van der Waals surface area contributed by atoms with Crippen LogP contribution in [-0.2, 0) is 20.9 Å². The van der Waals surface area contributed by atoms with E-state index in [2.05, 4.69) is 45.1 Å². The second-order valence-corrected chi connectivity index (χ2v) is 8.60. The van der Waals surface area contributed by atoms with Crippen LogP contribution in [0.25, 0.3) is 0 Å². The predicted molar refractivity (Wildman–Crippen MR) is 108 cm³/mol. The highest BCUT2D eigenvalue weighted by atomic mass is 16.5. The van der Waals surface area contributed by atoms with E-state index in [0.717, 1.165) is 18.4 Å². The molecule has 2 aliphatic heterocycles. The highest BCUT2D eigenvalue weighted by Crippen LogP contribution is 2.46. The molecule has 0 aliphatic carbocycles. The van der Waals surface area contributed by atoms with Crippen LogP contribution in [0.5, 0.6) is 0 Å². The van der Waals surface area contributed by atoms with Crippen molar-refractivity contribution < 1.29 is 19.4 Å². The SMILES string of the molecule is CC[C@@H]1C[C@H](C)[C@@]2(NC1=O)O[C@@H](CCO)[C@H](C)[C@H](OCc1ccccc1)[C@@H]2C. The molecule has 2 N–H and O–H groups in total. The number of nitrogens with one attached hydrogen (secondary N) is 1. The van der Waals surface area contributed by atoms with Gasteiger partial charge in [-0.1, -0.05) is 58.0 Å². The molecule has 2 heterocycles. The Morgan fingerprint density at radius 1 is 1.25 bits per heavy atom. The summed E-state index contributed by atoms with van der Waals surface area (Å²) in [7, 11) is 0. The van der Waals surface area contributed by atoms with Crippen molar-refractivity contribution in [3.05, 3.63) is 35.9 Å². The predicted octanol–water partition coefficient (Wildman–Crippen LogP) is 3.50. The number of amides is 1. The Labute approximate surface area is 168 Å². The zero-order valence-corrected chi connectivity index (χ0v) is 17.6. The summed E-state index contributed by atoms with van der Waals surface area (Å²) >= 11 is 0. The Balaban J connectivity index is 1.85. The normalized spacial score (nSPS) is 38.4. The first-order valence-corrected chi connectivity index (χ1v) is 10.7. The first-order valence-electron chi connectivity index (χ1n) is 10.7. The van der Waals surface area contributed by atoms with Crippen LogP contribution in [0.4, 0.5) is 0 Å². The van der Waals surface area contributed by atoms with Crippen molar-refractivity contribution in [2.24, 2.45) is 23.7 Å². The Bertz CT molecular complexity index is 651. The van der Waals surface area contributed by atoms with Crippen LogP contribution < -0.4 is 5.32 Å². The van der Waals surface area contributed by atoms with Crippen LogP contribution in [-0.4, -0.2) is 35.6 Å². The van der Waals surface area contributed by atoms with E-state index in [1.807, 2.05) is 18.2 Å². The van der Waals surface area contributed by atoms with Gasteiger partial charge in [0.15, 0.2) is 0 Å². The third kappa shape index (κ3) is 3.98. The van der Waals surface area contributed by atoms with Crippen LogP contribution in [0.2, 0.25) is 0 Å². The van der Waals surface area contributed by atoms with Crippen LogP contribution in [0.3, 0.4) is 0 Å². The van der Waals surface area contributed by atoms with Crippen molar-refractivity contribution >= 4 is 5.91 Å². The number of aliphatic hydroxyl groups is 1. The van der Waals surface area contributed by atoms with E-state index in [1.54, 1.807) is 0 Å². The summed E-state index contributed by atoms with van der Waals surface area (Å²) in [4.78, 5) is 12.7. The molecule has 2 fully saturated rings. The van der Waals surface area contributed by atoms with E-state index >= 15 is 0 Å². The standard InChI is InChI=1S/C23H35NO4/c1-5-19-13-15(2)23(24-22(19)26)17(4)21(16(3)20(28-23)11-12-25)27-14-18-9-7-6-8-10-18/h6-10,15-17,19-21,25H,5,11-14H2,1-4H3,(H,24,26)/t15-,16-,17-,19+,20-,21-,23+/m0/s1. The Kier molecular flexibility index (Phi) is 6.79. The van der Waals surface area contributed by atoms with Gasteiger partial charge in [-0.2, -0.15) is 0 Å². The lowest BCUT2D eigenvalue weighted by molar-refractivity contribution is -0.273. The Morgan fingerprint density at radius 3 is 2.61 bits per heavy atom. The fraction of sp³-hybridized carbons (Fsp3) is 0.696. The van der Waals surface area contributed by atoms with Gasteiger partial charge in [0.25, 0.3) is 0 Å². The number of carbonyl (C=O) groups excluding carboxylic acids is 1. The average Bonchev–Trinajstić information content (AvgIpc) is 2.69. The third-order valence-electron chi connectivity index (χ3n) is 6.87. The van der Waals surface area contributed by atoms with E-state index in [9.17, 15) is 9.90 Å². The summed E-state index contributed by atoms with van der Waals surface area (Å²) in [6, 6.07) is 10.2. The highest BCUT2D eigenvalue weighted by Gasteiger charge is 2.57. The Morgan fingerprint density at radius 2 is 1.96 bits per heavy atom. The van der Waals surface area contributed by atoms with Crippen LogP contribution >= 0.6 is 0 Å². The number of carbonyl (C=O) groups is 1. The van der Waals surface area contributed by atoms with Gasteiger partial charge >= 0.3 is 0 Å². The first-order chi connectivity index (χ1) is 13.4. The minimum atomic E-state index is -0.740. The molecule has 1 aromatic carbocycles. The number of benzene rings is 1. The van der Waals surface area contributed by atoms with E-state index in [1.165, 1.54) is 0 Å². The molecule has 2 saturated heterocycles. The fourth-order valence-electron chi connectivity index (χ4n) is 5.07. The summed E-state index contributed by atoms with van der Waals surface area (Å²) < 4.78 is 13.0. The van der Waals surface area contributed by atoms with Crippen molar-refractivity contribution in [3.63, 3.8) is 0 Å². The van der Waals surface area contributed by atoms with Gasteiger partial charge in [-0.25, -0.2) is 0 Å². The summed E-state index contributed by atoms with van der Waals surface area (Å²) in [6.07, 6.45) is 1.98. The molecule has 0 saturated carbocycles. The summed E-state index contributed by atoms with van der Waals surface area (Å²) in [6.45, 7) is 9.07. The molecular weight excluding hydrogens is 354 g/mol. The topological polar surface area (TPSA) is 67.8 Å². The zero-order valence-electron chi connectivity index (χ0n) is 17.6. The molecule has 0 aromatic heterocycles. The number of hydrogen-bond acceptors (Lipinski definition) is 4. The number of aliphatic hydroxyl groups excluding tert-OH is 1. The van der Waals surface area contributed by atoms with Crippen molar-refractivity contribution in [2.45, 2.75) is 71.5 Å². The van der Waals surface area contributed by atoms with Gasteiger partial charge in [-0.05, 0) is 24.8 Å². The Hall–Kier alpha value is -1.43. The molecule has 0 bridgehead atoms. The van der Waals surface area contributed by atoms with Gasteiger partial charge in [-0.15, -0.1) is 0 Å². The van der Waals surface area contributed by atoms with Crippen LogP contribution in [0.1, 0.15) is 52.5 Å². The van der Waals surface area contributed by atoms with Crippen molar-refractivity contribution in [3.8, 4) is 0 Å². The van der Waals surface area contributed by atoms with Gasteiger partial charge in [0, 0.05) is 30.3 Å². The molecule has 2 aliphatic rings. The maximum Gasteiger partial charge on any atom is 0.225 e. The minimum Gasteiger partial charge on any atom is -0.396 e. The van der Waals surface area contributed by atoms with E-state index in [0.29, 0.717) is 13.0 Å². The molecular formula is C23H35NO4. The highest BCUT2D eigenvalue weighted by molar-refractivity contribution is 5.80. The summed E-state index contributed by atoms with van der Waals surface area (Å²) in [5, 5.41) is 12.8. The maximum atomic E-state index is 12.7. The minimum absolute atomic E-state index is 0.0120. The molecule has 5 nitrogen and oxygen atoms in total. The molecule has 0 unspecified atom stereocenters. The number of ether oxygens (including phenoxy) is 2. The summed E-state index contributed by atoms with van der Waals surface area (Å²) in [5.74, 6) is 0.436. The lowest BCUT2D eigenvalue weighted by atomic mass is 9.69. The maximum absolute atomic E-state index is 12.7. The molecule has 1 aromatic rings. The van der Waals surface area contributed by atoms with Gasteiger partial charge in [-0.3, -0.25) is 4.79 Å². The molecule has 156 valence electrons. The van der Waals surface area contributed by atoms with Gasteiger partial charge < -0.3 is 19.9 Å². The molecule has 5 heteroatoms. The van der Waals surface area contributed by atoms with Crippen molar-refractivity contribution in [2.75, 3.05) is 6.61 Å². The first kappa shape index (κ1) is 21.3. The average molecular weight is 390 g/mol. The third-order valence-corrected chi connectivity index (χ3v) is 6.87.